The topological polar surface area (TPSA) is 93.7 Å². The second kappa shape index (κ2) is 8.43. The maximum atomic E-state index is 9.72. The molecule has 0 bridgehead atoms. The monoisotopic (exact) mass is 418 g/mol. The summed E-state index contributed by atoms with van der Waals surface area (Å²) >= 11 is 1.74. The van der Waals surface area contributed by atoms with Gasteiger partial charge in [-0.05, 0) is 56.4 Å². The number of aryl methyl sites for hydroxylation is 1. The molecule has 0 amide bonds. The van der Waals surface area contributed by atoms with Crippen molar-refractivity contribution in [2.24, 2.45) is 5.73 Å². The van der Waals surface area contributed by atoms with Crippen molar-refractivity contribution in [1.82, 2.24) is 14.9 Å². The molecule has 1 saturated heterocycles. The Morgan fingerprint density at radius 1 is 1.21 bits per heavy atom. The number of hydrogen-bond acceptors (Lipinski definition) is 8. The number of aromatic nitrogens is 2. The predicted molar refractivity (Wildman–Crippen MR) is 112 cm³/mol. The van der Waals surface area contributed by atoms with Crippen LogP contribution >= 0.6 is 11.3 Å². The lowest BCUT2D eigenvalue weighted by atomic mass is 9.91. The van der Waals surface area contributed by atoms with E-state index in [1.807, 2.05) is 0 Å². The quantitative estimate of drug-likeness (QED) is 0.720. The molecule has 3 heterocycles. The van der Waals surface area contributed by atoms with Gasteiger partial charge in [-0.2, -0.15) is 0 Å². The van der Waals surface area contributed by atoms with Gasteiger partial charge < -0.3 is 20.3 Å². The van der Waals surface area contributed by atoms with Gasteiger partial charge in [-0.15, -0.1) is 11.3 Å². The lowest BCUT2D eigenvalue weighted by Gasteiger charge is -2.38. The first-order chi connectivity index (χ1) is 14.2. The highest BCUT2D eigenvalue weighted by molar-refractivity contribution is 7.19. The number of nitrogens with two attached hydrogens (primary N) is 1. The molecule has 7 nitrogen and oxygen atoms in total. The van der Waals surface area contributed by atoms with E-state index in [1.54, 1.807) is 17.7 Å². The molecule has 1 saturated carbocycles. The van der Waals surface area contributed by atoms with Gasteiger partial charge in [0, 0.05) is 24.0 Å². The van der Waals surface area contributed by atoms with Crippen molar-refractivity contribution in [3.8, 4) is 5.88 Å². The summed E-state index contributed by atoms with van der Waals surface area (Å²) in [5.41, 5.74) is 6.96. The molecule has 0 aromatic carbocycles. The number of rotatable bonds is 5. The van der Waals surface area contributed by atoms with Crippen molar-refractivity contribution < 1.29 is 14.6 Å². The highest BCUT2D eigenvalue weighted by Gasteiger charge is 2.32. The summed E-state index contributed by atoms with van der Waals surface area (Å²) in [6, 6.07) is 0.657. The Morgan fingerprint density at radius 2 is 2.00 bits per heavy atom. The second-order valence-electron chi connectivity index (χ2n) is 8.53. The summed E-state index contributed by atoms with van der Waals surface area (Å²) in [6.07, 6.45) is 8.14. The fourth-order valence-corrected chi connectivity index (χ4v) is 6.52. The maximum Gasteiger partial charge on any atom is 0.225 e. The SMILES string of the molecule is N[C@@H](O)C[C@H]1CCc2sc3ncnc(O[C@H]4CC[C@H](N5CCOCC5)CC4)c3c21. The number of ether oxygens (including phenoxy) is 2. The van der Waals surface area contributed by atoms with Crippen molar-refractivity contribution in [3.63, 3.8) is 0 Å². The zero-order valence-corrected chi connectivity index (χ0v) is 17.6. The van der Waals surface area contributed by atoms with Gasteiger partial charge in [0.05, 0.1) is 18.6 Å². The van der Waals surface area contributed by atoms with Crippen LogP contribution in [-0.4, -0.2) is 64.7 Å². The van der Waals surface area contributed by atoms with Crippen LogP contribution in [0.4, 0.5) is 0 Å². The fraction of sp³-hybridized carbons (Fsp3) is 0.714. The Labute approximate surface area is 175 Å². The molecule has 0 unspecified atom stereocenters. The number of nitrogens with zero attached hydrogens (tertiary/aromatic N) is 3. The third-order valence-corrected chi connectivity index (χ3v) is 7.88. The van der Waals surface area contributed by atoms with Crippen molar-refractivity contribution >= 4 is 21.6 Å². The van der Waals surface area contributed by atoms with Crippen LogP contribution in [0, 0.1) is 0 Å². The first kappa shape index (κ1) is 19.6. The van der Waals surface area contributed by atoms with E-state index in [0.717, 1.165) is 68.1 Å². The van der Waals surface area contributed by atoms with Gasteiger partial charge >= 0.3 is 0 Å². The van der Waals surface area contributed by atoms with Crippen molar-refractivity contribution in [1.29, 1.82) is 0 Å². The van der Waals surface area contributed by atoms with E-state index in [0.29, 0.717) is 12.5 Å². The van der Waals surface area contributed by atoms with E-state index in [1.165, 1.54) is 23.3 Å². The van der Waals surface area contributed by atoms with Gasteiger partial charge in [-0.1, -0.05) is 0 Å². The van der Waals surface area contributed by atoms with Crippen LogP contribution in [0.3, 0.4) is 0 Å². The van der Waals surface area contributed by atoms with Crippen LogP contribution in [-0.2, 0) is 11.2 Å². The van der Waals surface area contributed by atoms with E-state index in [4.69, 9.17) is 15.2 Å². The molecule has 29 heavy (non-hydrogen) atoms. The molecule has 3 aliphatic rings. The molecule has 0 spiro atoms. The molecule has 2 aliphatic carbocycles. The lowest BCUT2D eigenvalue weighted by Crippen LogP contribution is -2.46. The Hall–Kier alpha value is -1.32. The summed E-state index contributed by atoms with van der Waals surface area (Å²) in [6.45, 7) is 3.82. The zero-order valence-electron chi connectivity index (χ0n) is 16.8. The van der Waals surface area contributed by atoms with E-state index in [9.17, 15) is 5.11 Å². The zero-order chi connectivity index (χ0) is 19.8. The smallest absolute Gasteiger partial charge is 0.225 e. The Morgan fingerprint density at radius 3 is 2.76 bits per heavy atom. The third-order valence-electron chi connectivity index (χ3n) is 6.71. The Kier molecular flexibility index (Phi) is 5.71. The standard InChI is InChI=1S/C21H30N4O3S/c22-17(26)11-13-1-6-16-18(13)19-20(23-12-24-21(19)29-16)28-15-4-2-14(3-5-15)25-7-9-27-10-8-25/h12-15,17,26H,1-11,22H2/t13-,14-,15-,17+/m1/s1. The van der Waals surface area contributed by atoms with Crippen LogP contribution in [0.2, 0.25) is 0 Å². The highest BCUT2D eigenvalue weighted by Crippen LogP contribution is 2.47. The Bertz CT molecular complexity index is 844. The maximum absolute atomic E-state index is 9.72. The number of morpholine rings is 1. The molecule has 2 fully saturated rings. The number of aliphatic hydroxyl groups excluding tert-OH is 1. The molecular formula is C21H30N4O3S. The number of aliphatic hydroxyl groups is 1. The van der Waals surface area contributed by atoms with Crippen LogP contribution < -0.4 is 10.5 Å². The van der Waals surface area contributed by atoms with Gasteiger partial charge in [0.2, 0.25) is 5.88 Å². The normalized spacial score (nSPS) is 29.1. The van der Waals surface area contributed by atoms with Gasteiger partial charge in [-0.25, -0.2) is 9.97 Å². The minimum Gasteiger partial charge on any atom is -0.474 e. The van der Waals surface area contributed by atoms with Crippen molar-refractivity contribution in [2.45, 2.75) is 69.2 Å². The molecule has 0 radical (unpaired) electrons. The minimum absolute atomic E-state index is 0.209. The summed E-state index contributed by atoms with van der Waals surface area (Å²) in [4.78, 5) is 14.0. The second-order valence-corrected chi connectivity index (χ2v) is 9.62. The molecule has 1 aliphatic heterocycles. The van der Waals surface area contributed by atoms with Gasteiger partial charge in [0.25, 0.3) is 0 Å². The summed E-state index contributed by atoms with van der Waals surface area (Å²) in [5, 5.41) is 10.8. The molecule has 8 heteroatoms. The molecule has 2 aromatic rings. The molecule has 5 rings (SSSR count). The fourth-order valence-electron chi connectivity index (χ4n) is 5.29. The van der Waals surface area contributed by atoms with E-state index in [2.05, 4.69) is 14.9 Å². The summed E-state index contributed by atoms with van der Waals surface area (Å²) in [7, 11) is 0. The van der Waals surface area contributed by atoms with E-state index >= 15 is 0 Å². The summed E-state index contributed by atoms with van der Waals surface area (Å²) in [5.74, 6) is 0.991. The van der Waals surface area contributed by atoms with Gasteiger partial charge in [0.1, 0.15) is 23.5 Å². The molecule has 158 valence electrons. The minimum atomic E-state index is -0.787. The molecule has 3 N–H and O–H groups in total. The van der Waals surface area contributed by atoms with Crippen LogP contribution in [0.15, 0.2) is 6.33 Å². The van der Waals surface area contributed by atoms with Crippen molar-refractivity contribution in [2.75, 3.05) is 26.3 Å². The molecule has 2 aromatic heterocycles. The average Bonchev–Trinajstić information content (AvgIpc) is 3.29. The largest absolute Gasteiger partial charge is 0.474 e. The first-order valence-electron chi connectivity index (χ1n) is 10.9. The third kappa shape index (κ3) is 4.01. The number of thiophene rings is 1. The van der Waals surface area contributed by atoms with E-state index < -0.39 is 6.23 Å². The predicted octanol–water partition coefficient (Wildman–Crippen LogP) is 2.41. The first-order valence-corrected chi connectivity index (χ1v) is 11.7. The molecule has 2 atom stereocenters. The van der Waals surface area contributed by atoms with Crippen molar-refractivity contribution in [3.05, 3.63) is 16.8 Å². The molecular weight excluding hydrogens is 388 g/mol. The van der Waals surface area contributed by atoms with Gasteiger partial charge in [0.15, 0.2) is 0 Å². The van der Waals surface area contributed by atoms with Crippen LogP contribution in [0.1, 0.15) is 54.9 Å². The number of hydrogen-bond donors (Lipinski definition) is 2. The highest BCUT2D eigenvalue weighted by atomic mass is 32.1. The van der Waals surface area contributed by atoms with Gasteiger partial charge in [-0.3, -0.25) is 4.90 Å². The van der Waals surface area contributed by atoms with Crippen LogP contribution in [0.25, 0.3) is 10.2 Å². The van der Waals surface area contributed by atoms with Crippen LogP contribution in [0.5, 0.6) is 5.88 Å². The summed E-state index contributed by atoms with van der Waals surface area (Å²) < 4.78 is 11.9. The van der Waals surface area contributed by atoms with E-state index in [-0.39, 0.29) is 12.0 Å². The lowest BCUT2D eigenvalue weighted by molar-refractivity contribution is -0.00126. The Balaban J connectivity index is 1.31. The number of fused-ring (bicyclic) bond motifs is 3. The average molecular weight is 419 g/mol.